The smallest absolute Gasteiger partial charge is 0.271 e. The molecule has 6 nitrogen and oxygen atoms in total. The highest BCUT2D eigenvalue weighted by Gasteiger charge is 2.26. The molecule has 25 heavy (non-hydrogen) atoms. The molecule has 1 aliphatic rings. The molecular weight excluding hydrogens is 360 g/mol. The Bertz CT molecular complexity index is 722. The molecule has 1 aliphatic heterocycles. The summed E-state index contributed by atoms with van der Waals surface area (Å²) >= 11 is 1.37. The summed E-state index contributed by atoms with van der Waals surface area (Å²) in [5.74, 6) is -0.101. The monoisotopic (exact) mass is 380 g/mol. The normalized spacial score (nSPS) is 14.9. The van der Waals surface area contributed by atoms with Crippen molar-refractivity contribution in [2.45, 2.75) is 25.4 Å². The van der Waals surface area contributed by atoms with Crippen molar-refractivity contribution in [2.24, 2.45) is 5.73 Å². The lowest BCUT2D eigenvalue weighted by atomic mass is 10.1. The minimum Gasteiger partial charge on any atom is -0.342 e. The van der Waals surface area contributed by atoms with Gasteiger partial charge in [0.25, 0.3) is 5.91 Å². The minimum absolute atomic E-state index is 0. The lowest BCUT2D eigenvalue weighted by Gasteiger charge is -2.25. The van der Waals surface area contributed by atoms with Gasteiger partial charge in [-0.15, -0.1) is 23.7 Å². The van der Waals surface area contributed by atoms with E-state index in [4.69, 9.17) is 5.73 Å². The van der Waals surface area contributed by atoms with Crippen molar-refractivity contribution in [2.75, 3.05) is 13.1 Å². The van der Waals surface area contributed by atoms with Crippen LogP contribution in [-0.4, -0.2) is 34.8 Å². The molecule has 1 aromatic carbocycles. The zero-order valence-corrected chi connectivity index (χ0v) is 15.3. The maximum atomic E-state index is 12.5. The molecule has 0 aliphatic carbocycles. The van der Waals surface area contributed by atoms with Gasteiger partial charge in [-0.05, 0) is 12.0 Å². The molecular formula is C17H21ClN4O2S. The van der Waals surface area contributed by atoms with Crippen molar-refractivity contribution < 1.29 is 9.59 Å². The Morgan fingerprint density at radius 3 is 2.72 bits per heavy atom. The van der Waals surface area contributed by atoms with Crippen LogP contribution in [0.25, 0.3) is 0 Å². The Kier molecular flexibility index (Phi) is 6.92. The van der Waals surface area contributed by atoms with E-state index in [0.29, 0.717) is 25.2 Å². The fourth-order valence-corrected chi connectivity index (χ4v) is 3.43. The predicted octanol–water partition coefficient (Wildman–Crippen LogP) is 2.12. The largest absolute Gasteiger partial charge is 0.342 e. The van der Waals surface area contributed by atoms with Crippen LogP contribution < -0.4 is 11.1 Å². The number of likely N-dealkylation sites (tertiary alicyclic amines) is 1. The molecule has 0 spiro atoms. The van der Waals surface area contributed by atoms with E-state index in [1.54, 1.807) is 5.38 Å². The van der Waals surface area contributed by atoms with Crippen LogP contribution in [-0.2, 0) is 11.3 Å². The second-order valence-corrected chi connectivity index (χ2v) is 6.65. The van der Waals surface area contributed by atoms with Gasteiger partial charge in [0.1, 0.15) is 10.7 Å². The number of benzene rings is 1. The maximum Gasteiger partial charge on any atom is 0.271 e. The highest BCUT2D eigenvalue weighted by Crippen LogP contribution is 2.19. The summed E-state index contributed by atoms with van der Waals surface area (Å²) in [4.78, 5) is 30.5. The van der Waals surface area contributed by atoms with Crippen LogP contribution in [0.15, 0.2) is 35.7 Å². The Hall–Kier alpha value is -1.96. The van der Waals surface area contributed by atoms with E-state index in [9.17, 15) is 9.59 Å². The zero-order chi connectivity index (χ0) is 16.9. The summed E-state index contributed by atoms with van der Waals surface area (Å²) in [5.41, 5.74) is 6.89. The summed E-state index contributed by atoms with van der Waals surface area (Å²) in [7, 11) is 0. The molecule has 1 aromatic heterocycles. The fraction of sp³-hybridized carbons (Fsp3) is 0.353. The van der Waals surface area contributed by atoms with Gasteiger partial charge in [0.15, 0.2) is 0 Å². The van der Waals surface area contributed by atoms with E-state index in [1.807, 2.05) is 35.2 Å². The molecule has 0 radical (unpaired) electrons. The molecule has 0 bridgehead atoms. The number of hydrogen-bond acceptors (Lipinski definition) is 5. The molecule has 134 valence electrons. The number of nitrogens with two attached hydrogens (primary N) is 1. The van der Waals surface area contributed by atoms with Crippen molar-refractivity contribution in [1.82, 2.24) is 15.2 Å². The van der Waals surface area contributed by atoms with Crippen LogP contribution in [0.4, 0.5) is 0 Å². The van der Waals surface area contributed by atoms with E-state index in [2.05, 4.69) is 10.3 Å². The summed E-state index contributed by atoms with van der Waals surface area (Å²) in [6.07, 6.45) is 1.46. The van der Waals surface area contributed by atoms with Crippen LogP contribution in [0, 0.1) is 0 Å². The second-order valence-electron chi connectivity index (χ2n) is 5.71. The van der Waals surface area contributed by atoms with Gasteiger partial charge in [0.05, 0.1) is 6.04 Å². The number of carbonyl (C=O) groups excluding carboxylic acids is 2. The minimum atomic E-state index is -0.260. The SMILES string of the molecule is Cl.NCc1nc(C(=O)NC(CN2CCCC2=O)c2ccccc2)cs1. The lowest BCUT2D eigenvalue weighted by Crippen LogP contribution is -2.38. The standard InChI is InChI=1S/C17H20N4O2S.ClH/c18-9-15-19-14(11-24-15)17(23)20-13(12-5-2-1-3-6-12)10-21-8-4-7-16(21)22;/h1-3,5-6,11,13H,4,7-10,18H2,(H,20,23);1H. The molecule has 2 heterocycles. The van der Waals surface area contributed by atoms with Crippen LogP contribution in [0.1, 0.15) is 39.9 Å². The van der Waals surface area contributed by atoms with Crippen LogP contribution in [0.2, 0.25) is 0 Å². The third-order valence-electron chi connectivity index (χ3n) is 4.04. The van der Waals surface area contributed by atoms with Crippen LogP contribution in [0.3, 0.4) is 0 Å². The number of nitrogens with one attached hydrogen (secondary N) is 1. The summed E-state index contributed by atoms with van der Waals surface area (Å²) in [6, 6.07) is 9.43. The topological polar surface area (TPSA) is 88.3 Å². The first-order chi connectivity index (χ1) is 11.7. The molecule has 1 fully saturated rings. The summed E-state index contributed by atoms with van der Waals surface area (Å²) in [6.45, 7) is 1.54. The van der Waals surface area contributed by atoms with Gasteiger partial charge in [-0.1, -0.05) is 30.3 Å². The van der Waals surface area contributed by atoms with Gasteiger partial charge in [0.2, 0.25) is 5.91 Å². The average molecular weight is 381 g/mol. The number of amides is 2. The third-order valence-corrected chi connectivity index (χ3v) is 4.91. The molecule has 3 N–H and O–H groups in total. The van der Waals surface area contributed by atoms with Crippen LogP contribution >= 0.6 is 23.7 Å². The van der Waals surface area contributed by atoms with E-state index in [-0.39, 0.29) is 30.3 Å². The Labute approximate surface area is 156 Å². The highest BCUT2D eigenvalue weighted by atomic mass is 35.5. The molecule has 1 saturated heterocycles. The third kappa shape index (κ3) is 4.78. The second kappa shape index (κ2) is 8.94. The molecule has 2 amide bonds. The molecule has 8 heteroatoms. The summed E-state index contributed by atoms with van der Waals surface area (Å²) in [5, 5.41) is 5.44. The Balaban J connectivity index is 0.00000225. The number of rotatable bonds is 6. The average Bonchev–Trinajstić information content (AvgIpc) is 3.24. The Morgan fingerprint density at radius 2 is 2.12 bits per heavy atom. The van der Waals surface area contributed by atoms with Crippen molar-refractivity contribution in [3.05, 3.63) is 52.0 Å². The first kappa shape index (κ1) is 19.4. The molecule has 1 atom stereocenters. The lowest BCUT2D eigenvalue weighted by molar-refractivity contribution is -0.128. The zero-order valence-electron chi connectivity index (χ0n) is 13.7. The van der Waals surface area contributed by atoms with Crippen molar-refractivity contribution in [3.63, 3.8) is 0 Å². The number of halogens is 1. The quantitative estimate of drug-likeness (QED) is 0.803. The fourth-order valence-electron chi connectivity index (χ4n) is 2.78. The van der Waals surface area contributed by atoms with Crippen molar-refractivity contribution in [3.8, 4) is 0 Å². The van der Waals surface area contributed by atoms with E-state index < -0.39 is 0 Å². The Morgan fingerprint density at radius 1 is 1.36 bits per heavy atom. The number of hydrogen-bond donors (Lipinski definition) is 2. The van der Waals surface area contributed by atoms with Gasteiger partial charge in [-0.3, -0.25) is 9.59 Å². The summed E-state index contributed by atoms with van der Waals surface area (Å²) < 4.78 is 0. The van der Waals surface area contributed by atoms with Crippen LogP contribution in [0.5, 0.6) is 0 Å². The first-order valence-corrected chi connectivity index (χ1v) is 8.83. The first-order valence-electron chi connectivity index (χ1n) is 7.95. The predicted molar refractivity (Wildman–Crippen MR) is 99.7 cm³/mol. The molecule has 1 unspecified atom stereocenters. The van der Waals surface area contributed by atoms with Gasteiger partial charge in [-0.25, -0.2) is 4.98 Å². The van der Waals surface area contributed by atoms with Gasteiger partial charge < -0.3 is 16.0 Å². The van der Waals surface area contributed by atoms with E-state index in [0.717, 1.165) is 23.5 Å². The molecule has 3 rings (SSSR count). The number of carbonyl (C=O) groups is 2. The number of aromatic nitrogens is 1. The van der Waals surface area contributed by atoms with E-state index >= 15 is 0 Å². The highest BCUT2D eigenvalue weighted by molar-refractivity contribution is 7.09. The molecule has 2 aromatic rings. The van der Waals surface area contributed by atoms with Crippen molar-refractivity contribution in [1.29, 1.82) is 0 Å². The van der Waals surface area contributed by atoms with Gasteiger partial charge >= 0.3 is 0 Å². The van der Waals surface area contributed by atoms with E-state index in [1.165, 1.54) is 11.3 Å². The molecule has 0 saturated carbocycles. The number of nitrogens with zero attached hydrogens (tertiary/aromatic N) is 2. The van der Waals surface area contributed by atoms with Gasteiger partial charge in [-0.2, -0.15) is 0 Å². The van der Waals surface area contributed by atoms with Gasteiger partial charge in [0, 0.05) is 31.4 Å². The number of thiazole rings is 1. The van der Waals surface area contributed by atoms with Crippen molar-refractivity contribution >= 4 is 35.6 Å². The maximum absolute atomic E-state index is 12.5.